The Kier molecular flexibility index (Phi) is 4.32. The van der Waals surface area contributed by atoms with Crippen LogP contribution < -0.4 is 15.6 Å². The maximum atomic E-state index is 12.3. The number of amides is 3. The molecule has 0 atom stereocenters. The van der Waals surface area contributed by atoms with Crippen LogP contribution in [-0.4, -0.2) is 37.0 Å². The molecule has 2 aliphatic rings. The summed E-state index contributed by atoms with van der Waals surface area (Å²) in [6, 6.07) is 5.98. The Morgan fingerprint density at radius 2 is 2.08 bits per heavy atom. The number of benzene rings is 1. The molecule has 7 heteroatoms. The average Bonchev–Trinajstić information content (AvgIpc) is 2.76. The lowest BCUT2D eigenvalue weighted by Gasteiger charge is -2.17. The van der Waals surface area contributed by atoms with Crippen molar-refractivity contribution >= 4 is 29.1 Å². The lowest BCUT2D eigenvalue weighted by atomic mass is 9.85. The van der Waals surface area contributed by atoms with Crippen LogP contribution in [-0.2, 0) is 26.2 Å². The molecular weight excluding hydrogens is 320 g/mol. The first kappa shape index (κ1) is 17.1. The average molecular weight is 342 g/mol. The van der Waals surface area contributed by atoms with E-state index < -0.39 is 5.41 Å². The van der Waals surface area contributed by atoms with Gasteiger partial charge in [-0.05, 0) is 37.5 Å². The van der Waals surface area contributed by atoms with E-state index in [1.165, 1.54) is 0 Å². The van der Waals surface area contributed by atoms with Gasteiger partial charge in [0, 0.05) is 32.1 Å². The first-order valence-electron chi connectivity index (χ1n) is 8.36. The Morgan fingerprint density at radius 1 is 1.32 bits per heavy atom. The number of carbonyl (C=O) groups excluding carboxylic acids is 3. The van der Waals surface area contributed by atoms with Crippen molar-refractivity contribution in [1.29, 1.82) is 0 Å². The smallest absolute Gasteiger partial charge is 0.267 e. The zero-order valence-corrected chi connectivity index (χ0v) is 14.7. The summed E-state index contributed by atoms with van der Waals surface area (Å²) in [5, 5.41) is 6.60. The van der Waals surface area contributed by atoms with E-state index in [-0.39, 0.29) is 24.1 Å². The van der Waals surface area contributed by atoms with Crippen molar-refractivity contribution in [3.63, 3.8) is 0 Å². The van der Waals surface area contributed by atoms with E-state index in [0.717, 1.165) is 16.8 Å². The number of nitrogens with one attached hydrogen (secondary N) is 2. The second-order valence-corrected chi connectivity index (χ2v) is 6.94. The van der Waals surface area contributed by atoms with Crippen molar-refractivity contribution in [2.24, 2.45) is 5.10 Å². The summed E-state index contributed by atoms with van der Waals surface area (Å²) < 4.78 is 0. The predicted molar refractivity (Wildman–Crippen MR) is 94.4 cm³/mol. The molecule has 1 aromatic carbocycles. The fourth-order valence-corrected chi connectivity index (χ4v) is 3.24. The van der Waals surface area contributed by atoms with Crippen LogP contribution >= 0.6 is 0 Å². The fraction of sp³-hybridized carbons (Fsp3) is 0.444. The number of rotatable bonds is 4. The molecule has 0 bridgehead atoms. The molecule has 3 amide bonds. The molecule has 0 radical (unpaired) electrons. The quantitative estimate of drug-likeness (QED) is 0.850. The maximum absolute atomic E-state index is 12.3. The molecule has 25 heavy (non-hydrogen) atoms. The SMILES string of the molecule is CN1C(=O)C(C)(C)c2cc(CCNC(=O)C3=NNC(=O)CC3)ccc21. The highest BCUT2D eigenvalue weighted by atomic mass is 16.2. The van der Waals surface area contributed by atoms with Crippen LogP contribution in [0.3, 0.4) is 0 Å². The van der Waals surface area contributed by atoms with E-state index in [0.29, 0.717) is 25.1 Å². The maximum Gasteiger partial charge on any atom is 0.267 e. The van der Waals surface area contributed by atoms with E-state index in [1.54, 1.807) is 11.9 Å². The molecule has 2 N–H and O–H groups in total. The molecule has 0 aromatic heterocycles. The third-order valence-corrected chi connectivity index (χ3v) is 4.80. The minimum absolute atomic E-state index is 0.0882. The highest BCUT2D eigenvalue weighted by molar-refractivity contribution is 6.39. The first-order chi connectivity index (χ1) is 11.8. The van der Waals surface area contributed by atoms with Crippen molar-refractivity contribution in [3.8, 4) is 0 Å². The third kappa shape index (κ3) is 3.14. The van der Waals surface area contributed by atoms with Gasteiger partial charge in [0.1, 0.15) is 5.71 Å². The summed E-state index contributed by atoms with van der Waals surface area (Å²) in [5.74, 6) is -0.335. The van der Waals surface area contributed by atoms with Crippen LogP contribution in [0.15, 0.2) is 23.3 Å². The largest absolute Gasteiger partial charge is 0.351 e. The van der Waals surface area contributed by atoms with Gasteiger partial charge in [-0.25, -0.2) is 5.43 Å². The van der Waals surface area contributed by atoms with Gasteiger partial charge in [-0.3, -0.25) is 14.4 Å². The number of hydrogen-bond donors (Lipinski definition) is 2. The number of hydrazone groups is 1. The zero-order valence-electron chi connectivity index (χ0n) is 14.7. The zero-order chi connectivity index (χ0) is 18.2. The van der Waals surface area contributed by atoms with Crippen LogP contribution in [0.1, 0.15) is 37.8 Å². The van der Waals surface area contributed by atoms with Gasteiger partial charge < -0.3 is 10.2 Å². The second kappa shape index (κ2) is 6.31. The van der Waals surface area contributed by atoms with Crippen molar-refractivity contribution in [3.05, 3.63) is 29.3 Å². The van der Waals surface area contributed by atoms with Gasteiger partial charge in [0.15, 0.2) is 0 Å². The van der Waals surface area contributed by atoms with Crippen LogP contribution in [0.2, 0.25) is 0 Å². The molecule has 3 rings (SSSR count). The molecule has 1 aromatic rings. The van der Waals surface area contributed by atoms with Crippen molar-refractivity contribution in [2.75, 3.05) is 18.5 Å². The topological polar surface area (TPSA) is 90.9 Å². The minimum atomic E-state index is -0.529. The summed E-state index contributed by atoms with van der Waals surface area (Å²) in [5.41, 5.74) is 5.16. The normalized spacial score (nSPS) is 18.5. The van der Waals surface area contributed by atoms with Gasteiger partial charge in [0.2, 0.25) is 11.8 Å². The van der Waals surface area contributed by atoms with Crippen LogP contribution in [0.5, 0.6) is 0 Å². The Bertz CT molecular complexity index is 783. The van der Waals surface area contributed by atoms with Crippen LogP contribution in [0.4, 0.5) is 5.69 Å². The summed E-state index contributed by atoms with van der Waals surface area (Å²) in [7, 11) is 1.79. The van der Waals surface area contributed by atoms with E-state index in [1.807, 2.05) is 32.0 Å². The summed E-state index contributed by atoms with van der Waals surface area (Å²) in [6.45, 7) is 4.33. The Morgan fingerprint density at radius 3 is 2.76 bits per heavy atom. The monoisotopic (exact) mass is 342 g/mol. The molecule has 2 aliphatic heterocycles. The minimum Gasteiger partial charge on any atom is -0.351 e. The van der Waals surface area contributed by atoms with Gasteiger partial charge in [-0.15, -0.1) is 0 Å². The van der Waals surface area contributed by atoms with E-state index in [9.17, 15) is 14.4 Å². The number of fused-ring (bicyclic) bond motifs is 1. The Labute approximate surface area is 146 Å². The van der Waals surface area contributed by atoms with Crippen LogP contribution in [0.25, 0.3) is 0 Å². The number of anilines is 1. The molecule has 0 spiro atoms. The highest BCUT2D eigenvalue weighted by Crippen LogP contribution is 2.41. The van der Waals surface area contributed by atoms with Crippen molar-refractivity contribution in [2.45, 2.75) is 38.5 Å². The first-order valence-corrected chi connectivity index (χ1v) is 8.36. The Balaban J connectivity index is 1.62. The van der Waals surface area contributed by atoms with Crippen molar-refractivity contribution < 1.29 is 14.4 Å². The molecule has 0 saturated carbocycles. The van der Waals surface area contributed by atoms with Gasteiger partial charge in [-0.2, -0.15) is 5.10 Å². The van der Waals surface area contributed by atoms with Gasteiger partial charge in [0.25, 0.3) is 5.91 Å². The molecule has 132 valence electrons. The van der Waals surface area contributed by atoms with E-state index >= 15 is 0 Å². The summed E-state index contributed by atoms with van der Waals surface area (Å²) in [6.07, 6.45) is 1.31. The lowest BCUT2D eigenvalue weighted by molar-refractivity contribution is -0.122. The molecule has 0 aliphatic carbocycles. The van der Waals surface area contributed by atoms with E-state index in [4.69, 9.17) is 0 Å². The number of hydrogen-bond acceptors (Lipinski definition) is 4. The lowest BCUT2D eigenvalue weighted by Crippen LogP contribution is -2.37. The molecular formula is C18H22N4O3. The van der Waals surface area contributed by atoms with Gasteiger partial charge in [0.05, 0.1) is 5.41 Å². The summed E-state index contributed by atoms with van der Waals surface area (Å²) in [4.78, 5) is 37.1. The molecule has 2 heterocycles. The van der Waals surface area contributed by atoms with Gasteiger partial charge >= 0.3 is 0 Å². The predicted octanol–water partition coefficient (Wildman–Crippen LogP) is 0.865. The number of carbonyl (C=O) groups is 3. The molecule has 0 fully saturated rings. The Hall–Kier alpha value is -2.70. The van der Waals surface area contributed by atoms with Crippen molar-refractivity contribution in [1.82, 2.24) is 10.7 Å². The molecule has 0 saturated heterocycles. The van der Waals surface area contributed by atoms with E-state index in [2.05, 4.69) is 15.8 Å². The fourth-order valence-electron chi connectivity index (χ4n) is 3.24. The summed E-state index contributed by atoms with van der Waals surface area (Å²) >= 11 is 0. The van der Waals surface area contributed by atoms with Gasteiger partial charge in [-0.1, -0.05) is 12.1 Å². The highest BCUT2D eigenvalue weighted by Gasteiger charge is 2.42. The third-order valence-electron chi connectivity index (χ3n) is 4.80. The second-order valence-electron chi connectivity index (χ2n) is 6.94. The molecule has 7 nitrogen and oxygen atoms in total. The number of likely N-dealkylation sites (N-methyl/N-ethyl adjacent to an activating group) is 1. The standard InChI is InChI=1S/C18H22N4O3/c1-18(2)12-10-11(4-6-14(12)22(3)17(18)25)8-9-19-16(24)13-5-7-15(23)21-20-13/h4,6,10H,5,7-9H2,1-3H3,(H,19,24)(H,21,23). The van der Waals surface area contributed by atoms with Crippen LogP contribution in [0, 0.1) is 0 Å². The number of nitrogens with zero attached hydrogens (tertiary/aromatic N) is 2. The molecule has 0 unspecified atom stereocenters.